The predicted molar refractivity (Wildman–Crippen MR) is 91.3 cm³/mol. The second-order valence-corrected chi connectivity index (χ2v) is 6.30. The van der Waals surface area contributed by atoms with Gasteiger partial charge in [0.1, 0.15) is 17.9 Å². The number of alkyl halides is 3. The van der Waals surface area contributed by atoms with Gasteiger partial charge < -0.3 is 5.11 Å². The first-order valence-corrected chi connectivity index (χ1v) is 7.73. The van der Waals surface area contributed by atoms with E-state index in [1.807, 2.05) is 0 Å². The van der Waals surface area contributed by atoms with Crippen molar-refractivity contribution in [2.24, 2.45) is 0 Å². The number of hydrogen-bond donors (Lipinski definition) is 1. The second kappa shape index (κ2) is 9.98. The van der Waals surface area contributed by atoms with E-state index in [0.717, 1.165) is 12.1 Å². The Balaban J connectivity index is 0.000000465. The van der Waals surface area contributed by atoms with Gasteiger partial charge >= 0.3 is 6.18 Å². The molecule has 25 heavy (non-hydrogen) atoms. The minimum Gasteiger partial charge on any atom is -0.379 e. The van der Waals surface area contributed by atoms with E-state index in [4.69, 9.17) is 5.11 Å². The number of aliphatic hydroxyl groups is 1. The molecule has 1 atom stereocenters. The molecule has 0 heterocycles. The number of aldehydes is 1. The lowest BCUT2D eigenvalue weighted by molar-refractivity contribution is -0.206. The zero-order valence-electron chi connectivity index (χ0n) is 11.6. The van der Waals surface area contributed by atoms with Gasteiger partial charge in [-0.2, -0.15) is 13.2 Å². The van der Waals surface area contributed by atoms with Crippen LogP contribution in [0.1, 0.15) is 29.5 Å². The number of carbonyl (C=O) groups excluding carboxylic acids is 1. The lowest BCUT2D eigenvalue weighted by atomic mass is 10.1. The topological polar surface area (TPSA) is 37.3 Å². The fraction of sp³-hybridized carbons (Fsp3) is 0.188. The van der Waals surface area contributed by atoms with Crippen molar-refractivity contribution in [3.63, 3.8) is 0 Å². The number of benzene rings is 2. The summed E-state index contributed by atoms with van der Waals surface area (Å²) in [5, 5.41) is 8.79. The molecular formula is C16H13Br2F5O2. The number of aliphatic hydroxyl groups excluding tert-OH is 1. The van der Waals surface area contributed by atoms with Crippen LogP contribution in [-0.2, 0) is 0 Å². The van der Waals surface area contributed by atoms with E-state index in [-0.39, 0.29) is 11.9 Å². The number of carbonyl (C=O) groups is 1. The van der Waals surface area contributed by atoms with Crippen molar-refractivity contribution in [2.75, 3.05) is 0 Å². The largest absolute Gasteiger partial charge is 0.418 e. The summed E-state index contributed by atoms with van der Waals surface area (Å²) < 4.78 is 61.9. The maximum atomic E-state index is 12.7. The first kappa shape index (κ1) is 23.7. The summed E-state index contributed by atoms with van der Waals surface area (Å²) in [5.41, 5.74) is -0.184. The van der Waals surface area contributed by atoms with E-state index in [0.29, 0.717) is 22.4 Å². The van der Waals surface area contributed by atoms with Crippen LogP contribution in [0.25, 0.3) is 0 Å². The molecule has 2 aromatic rings. The summed E-state index contributed by atoms with van der Waals surface area (Å²) in [6.45, 7) is 0. The third kappa shape index (κ3) is 8.06. The molecule has 0 amide bonds. The van der Waals surface area contributed by atoms with Gasteiger partial charge in [-0.3, -0.25) is 4.79 Å². The highest BCUT2D eigenvalue weighted by Gasteiger charge is 2.39. The Hall–Kier alpha value is -1.32. The summed E-state index contributed by atoms with van der Waals surface area (Å²) in [6.07, 6.45) is -6.84. The van der Waals surface area contributed by atoms with Gasteiger partial charge in [0.25, 0.3) is 0 Å². The van der Waals surface area contributed by atoms with Gasteiger partial charge in [-0.1, -0.05) is 39.3 Å². The predicted octanol–water partition coefficient (Wildman–Crippen LogP) is 6.22. The molecule has 1 N–H and O–H groups in total. The molecule has 2 aromatic carbocycles. The average molecular weight is 492 g/mol. The Morgan fingerprint density at radius 2 is 1.40 bits per heavy atom. The van der Waals surface area contributed by atoms with E-state index in [1.54, 1.807) is 6.07 Å². The average Bonchev–Trinajstić information content (AvgIpc) is 2.44. The van der Waals surface area contributed by atoms with Gasteiger partial charge in [0.15, 0.2) is 6.10 Å². The van der Waals surface area contributed by atoms with Crippen molar-refractivity contribution in [1.29, 1.82) is 0 Å². The van der Waals surface area contributed by atoms with Crippen molar-refractivity contribution in [2.45, 2.75) is 19.7 Å². The molecule has 1 unspecified atom stereocenters. The molecule has 0 aliphatic carbocycles. The standard InChI is InChI=1S/C8H5BrF4O.C7H4BrFO.CH4/c9-5-1-4(2-6(10)3-5)7(14)8(11,12)13;8-6-1-5(4-10)2-7(9)3-6;/h1-3,7,14H;1-4H;1H4. The van der Waals surface area contributed by atoms with Crippen LogP contribution in [-0.4, -0.2) is 17.6 Å². The first-order chi connectivity index (χ1) is 11.0. The smallest absolute Gasteiger partial charge is 0.379 e. The van der Waals surface area contributed by atoms with E-state index >= 15 is 0 Å². The van der Waals surface area contributed by atoms with Crippen LogP contribution in [0.2, 0.25) is 0 Å². The van der Waals surface area contributed by atoms with Crippen LogP contribution in [0.5, 0.6) is 0 Å². The molecule has 0 saturated carbocycles. The van der Waals surface area contributed by atoms with Crippen LogP contribution in [0, 0.1) is 11.6 Å². The molecule has 0 fully saturated rings. The van der Waals surface area contributed by atoms with Crippen LogP contribution in [0.15, 0.2) is 45.3 Å². The van der Waals surface area contributed by atoms with Crippen molar-refractivity contribution < 1.29 is 31.9 Å². The summed E-state index contributed by atoms with van der Waals surface area (Å²) in [4.78, 5) is 10.1. The molecular weight excluding hydrogens is 479 g/mol. The molecule has 0 saturated heterocycles. The molecule has 0 aliphatic rings. The third-order valence-corrected chi connectivity index (χ3v) is 3.45. The molecule has 0 bridgehead atoms. The van der Waals surface area contributed by atoms with Crippen LogP contribution >= 0.6 is 31.9 Å². The second-order valence-electron chi connectivity index (χ2n) is 4.47. The van der Waals surface area contributed by atoms with Crippen molar-refractivity contribution in [3.8, 4) is 0 Å². The Morgan fingerprint density at radius 1 is 0.920 bits per heavy atom. The summed E-state index contributed by atoms with van der Waals surface area (Å²) in [6, 6.07) is 6.69. The molecule has 138 valence electrons. The molecule has 0 aliphatic heterocycles. The van der Waals surface area contributed by atoms with Gasteiger partial charge in [0, 0.05) is 14.5 Å². The van der Waals surface area contributed by atoms with E-state index in [1.165, 1.54) is 12.1 Å². The van der Waals surface area contributed by atoms with E-state index < -0.39 is 29.5 Å². The summed E-state index contributed by atoms with van der Waals surface area (Å²) in [5.74, 6) is -1.24. The normalized spacial score (nSPS) is 11.7. The zero-order valence-corrected chi connectivity index (χ0v) is 14.8. The number of hydrogen-bond acceptors (Lipinski definition) is 2. The highest BCUT2D eigenvalue weighted by atomic mass is 79.9. The van der Waals surface area contributed by atoms with Crippen molar-refractivity contribution in [3.05, 3.63) is 68.1 Å². The van der Waals surface area contributed by atoms with Crippen LogP contribution in [0.3, 0.4) is 0 Å². The quantitative estimate of drug-likeness (QED) is 0.400. The lowest BCUT2D eigenvalue weighted by Crippen LogP contribution is -2.20. The van der Waals surface area contributed by atoms with Gasteiger partial charge in [-0.15, -0.1) is 0 Å². The lowest BCUT2D eigenvalue weighted by Gasteiger charge is -2.14. The Bertz CT molecular complexity index is 680. The van der Waals surface area contributed by atoms with Crippen molar-refractivity contribution in [1.82, 2.24) is 0 Å². The fourth-order valence-corrected chi connectivity index (χ4v) is 2.53. The maximum absolute atomic E-state index is 12.7. The minimum absolute atomic E-state index is 0. The third-order valence-electron chi connectivity index (χ3n) is 2.53. The molecule has 0 radical (unpaired) electrons. The minimum atomic E-state index is -4.78. The Labute approximate surface area is 157 Å². The highest BCUT2D eigenvalue weighted by Crippen LogP contribution is 2.33. The van der Waals surface area contributed by atoms with Crippen molar-refractivity contribution >= 4 is 38.1 Å². The summed E-state index contributed by atoms with van der Waals surface area (Å²) >= 11 is 5.88. The van der Waals surface area contributed by atoms with Gasteiger partial charge in [-0.05, 0) is 42.0 Å². The van der Waals surface area contributed by atoms with E-state index in [9.17, 15) is 26.7 Å². The van der Waals surface area contributed by atoms with Gasteiger partial charge in [0.05, 0.1) is 0 Å². The molecule has 2 nitrogen and oxygen atoms in total. The van der Waals surface area contributed by atoms with Crippen LogP contribution in [0.4, 0.5) is 22.0 Å². The van der Waals surface area contributed by atoms with Crippen LogP contribution < -0.4 is 0 Å². The molecule has 9 heteroatoms. The first-order valence-electron chi connectivity index (χ1n) is 6.15. The SMILES string of the molecule is C.O=Cc1cc(F)cc(Br)c1.OC(c1cc(F)cc(Br)c1)C(F)(F)F. The van der Waals surface area contributed by atoms with E-state index in [2.05, 4.69) is 31.9 Å². The molecule has 2 rings (SSSR count). The number of rotatable bonds is 2. The van der Waals surface area contributed by atoms with Gasteiger partial charge in [0.2, 0.25) is 0 Å². The Kier molecular flexibility index (Phi) is 9.45. The fourth-order valence-electron chi connectivity index (χ4n) is 1.57. The molecule has 0 aromatic heterocycles. The molecule has 0 spiro atoms. The monoisotopic (exact) mass is 490 g/mol. The Morgan fingerprint density at radius 3 is 1.80 bits per heavy atom. The number of halogens is 7. The van der Waals surface area contributed by atoms with Gasteiger partial charge in [-0.25, -0.2) is 8.78 Å². The summed E-state index contributed by atoms with van der Waals surface area (Å²) in [7, 11) is 0. The maximum Gasteiger partial charge on any atom is 0.418 e. The highest BCUT2D eigenvalue weighted by molar-refractivity contribution is 9.10. The zero-order chi connectivity index (χ0) is 18.5.